The van der Waals surface area contributed by atoms with Crippen molar-refractivity contribution < 1.29 is 18.7 Å². The van der Waals surface area contributed by atoms with Crippen molar-refractivity contribution in [3.05, 3.63) is 84.2 Å². The number of hydrogen-bond acceptors (Lipinski definition) is 4. The molecule has 1 atom stereocenters. The first-order valence-electron chi connectivity index (χ1n) is 11.4. The highest BCUT2D eigenvalue weighted by Crippen LogP contribution is 2.29. The first-order chi connectivity index (χ1) is 16.5. The molecular weight excluding hydrogens is 451 g/mol. The van der Waals surface area contributed by atoms with Gasteiger partial charge < -0.3 is 15.4 Å². The second-order valence-corrected chi connectivity index (χ2v) is 8.97. The lowest BCUT2D eigenvalue weighted by Crippen LogP contribution is -2.24. The van der Waals surface area contributed by atoms with Crippen molar-refractivity contribution in [1.29, 1.82) is 0 Å². The first kappa shape index (κ1) is 25.3. The summed E-state index contributed by atoms with van der Waals surface area (Å²) in [5.41, 5.74) is 1.22. The van der Waals surface area contributed by atoms with Gasteiger partial charge in [0.1, 0.15) is 11.6 Å². The molecule has 178 valence electrons. The highest BCUT2D eigenvalue weighted by molar-refractivity contribution is 8.00. The van der Waals surface area contributed by atoms with E-state index in [1.165, 1.54) is 30.0 Å². The molecule has 0 fully saturated rings. The van der Waals surface area contributed by atoms with Crippen LogP contribution in [0.3, 0.4) is 0 Å². The van der Waals surface area contributed by atoms with E-state index in [0.29, 0.717) is 24.4 Å². The molecule has 0 aliphatic heterocycles. The van der Waals surface area contributed by atoms with Crippen LogP contribution in [-0.4, -0.2) is 23.7 Å². The zero-order valence-electron chi connectivity index (χ0n) is 19.3. The van der Waals surface area contributed by atoms with Gasteiger partial charge in [0.2, 0.25) is 5.91 Å². The average Bonchev–Trinajstić information content (AvgIpc) is 2.84. The fraction of sp³-hybridized carbons (Fsp3) is 0.259. The lowest BCUT2D eigenvalue weighted by Gasteiger charge is -2.16. The van der Waals surface area contributed by atoms with E-state index in [1.54, 1.807) is 24.3 Å². The zero-order valence-corrected chi connectivity index (χ0v) is 20.2. The summed E-state index contributed by atoms with van der Waals surface area (Å²) in [6.45, 7) is 4.74. The first-order valence-corrected chi connectivity index (χ1v) is 12.2. The Labute approximate surface area is 204 Å². The predicted octanol–water partition coefficient (Wildman–Crippen LogP) is 6.77. The Morgan fingerprint density at radius 2 is 1.71 bits per heavy atom. The molecule has 0 heterocycles. The number of nitrogens with one attached hydrogen (secondary N) is 2. The summed E-state index contributed by atoms with van der Waals surface area (Å²) in [6, 6.07) is 20.4. The van der Waals surface area contributed by atoms with Gasteiger partial charge in [-0.2, -0.15) is 0 Å². The number of hydrogen-bond donors (Lipinski definition) is 2. The molecule has 0 saturated carbocycles. The average molecular weight is 481 g/mol. The summed E-state index contributed by atoms with van der Waals surface area (Å²) in [5.74, 6) is -0.420. The molecule has 5 nitrogen and oxygen atoms in total. The largest absolute Gasteiger partial charge is 0.494 e. The summed E-state index contributed by atoms with van der Waals surface area (Å²) in [6.07, 6.45) is 2.70. The zero-order chi connectivity index (χ0) is 24.3. The minimum Gasteiger partial charge on any atom is -0.494 e. The molecule has 0 spiro atoms. The molecule has 2 N–H and O–H groups in total. The van der Waals surface area contributed by atoms with Gasteiger partial charge in [-0.05, 0) is 67.4 Å². The fourth-order valence-corrected chi connectivity index (χ4v) is 4.18. The molecule has 2 amide bonds. The normalized spacial score (nSPS) is 11.5. The molecule has 0 aromatic heterocycles. The van der Waals surface area contributed by atoms with Gasteiger partial charge in [-0.1, -0.05) is 38.5 Å². The van der Waals surface area contributed by atoms with Crippen LogP contribution in [-0.2, 0) is 4.79 Å². The Hall–Kier alpha value is -3.32. The number of ether oxygens (including phenoxy) is 1. The van der Waals surface area contributed by atoms with Gasteiger partial charge in [0.05, 0.1) is 17.4 Å². The van der Waals surface area contributed by atoms with Crippen molar-refractivity contribution in [1.82, 2.24) is 0 Å². The third-order valence-electron chi connectivity index (χ3n) is 5.04. The van der Waals surface area contributed by atoms with E-state index in [4.69, 9.17) is 4.74 Å². The lowest BCUT2D eigenvalue weighted by molar-refractivity contribution is -0.115. The van der Waals surface area contributed by atoms with Gasteiger partial charge in [0.25, 0.3) is 5.91 Å². The van der Waals surface area contributed by atoms with Gasteiger partial charge in [-0.3, -0.25) is 9.59 Å². The summed E-state index contributed by atoms with van der Waals surface area (Å²) >= 11 is 1.41. The number of amides is 2. The number of carbonyl (C=O) groups excluding carboxylic acids is 2. The van der Waals surface area contributed by atoms with Crippen molar-refractivity contribution in [3.63, 3.8) is 0 Å². The van der Waals surface area contributed by atoms with E-state index in [0.717, 1.165) is 23.5 Å². The van der Waals surface area contributed by atoms with Gasteiger partial charge in [-0.25, -0.2) is 4.39 Å². The van der Waals surface area contributed by atoms with Crippen LogP contribution in [0.4, 0.5) is 15.8 Å². The lowest BCUT2D eigenvalue weighted by atomic mass is 10.2. The van der Waals surface area contributed by atoms with Crippen molar-refractivity contribution in [3.8, 4) is 5.75 Å². The summed E-state index contributed by atoms with van der Waals surface area (Å²) < 4.78 is 19.5. The summed E-state index contributed by atoms with van der Waals surface area (Å²) in [4.78, 5) is 26.1. The Kier molecular flexibility index (Phi) is 9.52. The van der Waals surface area contributed by atoms with Crippen LogP contribution in [0.15, 0.2) is 77.7 Å². The van der Waals surface area contributed by atoms with Crippen LogP contribution in [0.2, 0.25) is 0 Å². The maximum absolute atomic E-state index is 13.9. The van der Waals surface area contributed by atoms with Crippen LogP contribution in [0.25, 0.3) is 0 Å². The monoisotopic (exact) mass is 480 g/mol. The third-order valence-corrected chi connectivity index (χ3v) is 6.40. The van der Waals surface area contributed by atoms with Crippen LogP contribution in [0, 0.1) is 5.82 Å². The van der Waals surface area contributed by atoms with Gasteiger partial charge in [-0.15, -0.1) is 11.8 Å². The van der Waals surface area contributed by atoms with E-state index < -0.39 is 11.7 Å². The Bertz CT molecular complexity index is 1110. The Morgan fingerprint density at radius 1 is 0.941 bits per heavy atom. The van der Waals surface area contributed by atoms with Crippen LogP contribution in [0.1, 0.15) is 43.5 Å². The molecule has 3 rings (SSSR count). The van der Waals surface area contributed by atoms with Crippen molar-refractivity contribution in [2.24, 2.45) is 0 Å². The Balaban J connectivity index is 1.59. The molecule has 0 radical (unpaired) electrons. The number of benzene rings is 3. The van der Waals surface area contributed by atoms with Crippen molar-refractivity contribution in [2.75, 3.05) is 17.2 Å². The van der Waals surface area contributed by atoms with Crippen LogP contribution in [0.5, 0.6) is 5.75 Å². The third kappa shape index (κ3) is 7.35. The molecule has 0 aliphatic carbocycles. The minimum absolute atomic E-state index is 0.0202. The van der Waals surface area contributed by atoms with Crippen LogP contribution < -0.4 is 15.4 Å². The fourth-order valence-electron chi connectivity index (χ4n) is 3.17. The smallest absolute Gasteiger partial charge is 0.258 e. The van der Waals surface area contributed by atoms with Gasteiger partial charge in [0.15, 0.2) is 0 Å². The Morgan fingerprint density at radius 3 is 2.41 bits per heavy atom. The molecular formula is C27H29FN2O3S. The molecule has 3 aromatic rings. The van der Waals surface area contributed by atoms with E-state index in [1.807, 2.05) is 37.3 Å². The van der Waals surface area contributed by atoms with Crippen molar-refractivity contribution in [2.45, 2.75) is 43.3 Å². The second-order valence-electron chi connectivity index (χ2n) is 7.69. The molecule has 0 saturated heterocycles. The van der Waals surface area contributed by atoms with E-state index >= 15 is 0 Å². The maximum atomic E-state index is 13.9. The molecule has 0 aliphatic rings. The molecule has 7 heteroatoms. The molecule has 0 bridgehead atoms. The van der Waals surface area contributed by atoms with Crippen molar-refractivity contribution >= 4 is 35.0 Å². The maximum Gasteiger partial charge on any atom is 0.258 e. The highest BCUT2D eigenvalue weighted by Gasteiger charge is 2.19. The molecule has 1 unspecified atom stereocenters. The topological polar surface area (TPSA) is 67.4 Å². The quantitative estimate of drug-likeness (QED) is 0.235. The second kappa shape index (κ2) is 12.8. The highest BCUT2D eigenvalue weighted by atomic mass is 32.2. The number of anilines is 2. The summed E-state index contributed by atoms with van der Waals surface area (Å²) in [7, 11) is 0. The van der Waals surface area contributed by atoms with E-state index in [9.17, 15) is 14.0 Å². The summed E-state index contributed by atoms with van der Waals surface area (Å²) in [5, 5.41) is 5.35. The number of unbranched alkanes of at least 4 members (excludes halogenated alkanes) is 1. The number of halogens is 1. The van der Waals surface area contributed by atoms with Gasteiger partial charge >= 0.3 is 0 Å². The SMILES string of the molecule is CCCCOc1ccc(NC(=O)C(CC)Sc2cccc(NC(=O)c3ccccc3F)c2)cc1. The molecule has 3 aromatic carbocycles. The number of rotatable bonds is 11. The van der Waals surface area contributed by atoms with E-state index in [-0.39, 0.29) is 16.7 Å². The van der Waals surface area contributed by atoms with E-state index in [2.05, 4.69) is 17.6 Å². The van der Waals surface area contributed by atoms with Gasteiger partial charge in [0, 0.05) is 16.3 Å². The molecule has 34 heavy (non-hydrogen) atoms. The number of carbonyl (C=O) groups is 2. The number of thioether (sulfide) groups is 1. The predicted molar refractivity (Wildman–Crippen MR) is 136 cm³/mol. The van der Waals surface area contributed by atoms with Crippen LogP contribution >= 0.6 is 11.8 Å². The minimum atomic E-state index is -0.575. The standard InChI is InChI=1S/C27H29FN2O3S/c1-3-5-17-33-21-15-13-19(14-16-21)29-27(32)25(4-2)34-22-10-8-9-20(18-22)30-26(31)23-11-6-7-12-24(23)28/h6-16,18,25H,3-5,17H2,1-2H3,(H,29,32)(H,30,31).